The molecule has 1 aliphatic rings. The van der Waals surface area contributed by atoms with E-state index in [2.05, 4.69) is 12.2 Å². The topological polar surface area (TPSA) is 29.5 Å². The van der Waals surface area contributed by atoms with Crippen molar-refractivity contribution in [3.8, 4) is 0 Å². The monoisotopic (exact) mass is 152 g/mol. The highest BCUT2D eigenvalue weighted by molar-refractivity contribution is 7.99. The summed E-state index contributed by atoms with van der Waals surface area (Å²) in [5.74, 6) is 2.11. The summed E-state index contributed by atoms with van der Waals surface area (Å²) in [4.78, 5) is 0. The SMILES string of the molecule is C1CSCO1.OC=S. The molecule has 0 radical (unpaired) electrons. The fourth-order valence-electron chi connectivity index (χ4n) is 0.295. The van der Waals surface area contributed by atoms with Crippen LogP contribution < -0.4 is 0 Å². The Morgan fingerprint density at radius 3 is 2.50 bits per heavy atom. The van der Waals surface area contributed by atoms with Crippen LogP contribution in [-0.2, 0) is 4.74 Å². The Labute approximate surface area is 58.2 Å². The van der Waals surface area contributed by atoms with Crippen molar-refractivity contribution in [2.24, 2.45) is 0 Å². The molecular weight excluding hydrogens is 144 g/mol. The van der Waals surface area contributed by atoms with Crippen LogP contribution >= 0.6 is 24.0 Å². The first-order chi connectivity index (χ1) is 3.91. The molecule has 4 heteroatoms. The second kappa shape index (κ2) is 7.20. The van der Waals surface area contributed by atoms with Crippen LogP contribution in [-0.4, -0.2) is 29.0 Å². The van der Waals surface area contributed by atoms with Crippen LogP contribution in [0.15, 0.2) is 0 Å². The Hall–Kier alpha value is 0.200. The lowest BCUT2D eigenvalue weighted by atomic mass is 10.9. The molecule has 0 spiro atoms. The molecule has 1 rings (SSSR count). The Kier molecular flexibility index (Phi) is 7.38. The molecule has 1 N–H and O–H groups in total. The fraction of sp³-hybridized carbons (Fsp3) is 0.750. The van der Waals surface area contributed by atoms with E-state index < -0.39 is 0 Å². The molecule has 0 aromatic rings. The molecule has 0 aliphatic carbocycles. The van der Waals surface area contributed by atoms with Gasteiger partial charge in [-0.2, -0.15) is 0 Å². The van der Waals surface area contributed by atoms with Crippen molar-refractivity contribution >= 4 is 29.5 Å². The third-order valence-electron chi connectivity index (χ3n) is 0.539. The summed E-state index contributed by atoms with van der Waals surface area (Å²) in [6.45, 7) is 0.963. The third-order valence-corrected chi connectivity index (χ3v) is 1.33. The smallest absolute Gasteiger partial charge is 0.142 e. The van der Waals surface area contributed by atoms with Gasteiger partial charge in [0.15, 0.2) is 0 Å². The number of thioether (sulfide) groups is 1. The maximum absolute atomic E-state index is 7.26. The van der Waals surface area contributed by atoms with Gasteiger partial charge in [-0.1, -0.05) is 0 Å². The van der Waals surface area contributed by atoms with E-state index in [0.29, 0.717) is 5.55 Å². The molecule has 8 heavy (non-hydrogen) atoms. The normalized spacial score (nSPS) is 16.5. The summed E-state index contributed by atoms with van der Waals surface area (Å²) in [5.41, 5.74) is 0.583. The maximum atomic E-state index is 7.26. The van der Waals surface area contributed by atoms with Crippen molar-refractivity contribution in [2.45, 2.75) is 0 Å². The number of aliphatic hydroxyl groups is 1. The second-order valence-electron chi connectivity index (χ2n) is 1.04. The van der Waals surface area contributed by atoms with Gasteiger partial charge in [-0.05, 0) is 12.2 Å². The summed E-state index contributed by atoms with van der Waals surface area (Å²) in [5, 5.41) is 7.26. The Morgan fingerprint density at radius 1 is 1.75 bits per heavy atom. The van der Waals surface area contributed by atoms with Crippen LogP contribution in [0.3, 0.4) is 0 Å². The van der Waals surface area contributed by atoms with Crippen LogP contribution in [0.1, 0.15) is 0 Å². The van der Waals surface area contributed by atoms with Gasteiger partial charge in [-0.3, -0.25) is 0 Å². The summed E-state index contributed by atoms with van der Waals surface area (Å²) in [6.07, 6.45) is 0. The first-order valence-electron chi connectivity index (χ1n) is 2.15. The predicted octanol–water partition coefficient (Wildman–Crippen LogP) is 1.21. The number of hydrogen-bond acceptors (Lipinski definition) is 3. The average Bonchev–Trinajstić information content (AvgIpc) is 2.17. The molecule has 1 heterocycles. The van der Waals surface area contributed by atoms with E-state index in [0.717, 1.165) is 12.5 Å². The standard InChI is InChI=1S/C3H6OS.CH2OS/c1-2-5-3-4-1;2-1-3/h1-3H2;1H,(H,2,3). The van der Waals surface area contributed by atoms with Crippen LogP contribution in [0.2, 0.25) is 0 Å². The van der Waals surface area contributed by atoms with Gasteiger partial charge in [-0.25, -0.2) is 0 Å². The Bertz CT molecular complexity index is 46.4. The molecular formula is C4H8O2S2. The van der Waals surface area contributed by atoms with E-state index in [4.69, 9.17) is 9.84 Å². The van der Waals surface area contributed by atoms with E-state index in [1.54, 1.807) is 0 Å². The van der Waals surface area contributed by atoms with Crippen LogP contribution in [0, 0.1) is 0 Å². The fourth-order valence-corrected chi connectivity index (χ4v) is 0.884. The highest BCUT2D eigenvalue weighted by Gasteiger charge is 1.94. The van der Waals surface area contributed by atoms with E-state index in [9.17, 15) is 0 Å². The van der Waals surface area contributed by atoms with Gasteiger partial charge in [0.25, 0.3) is 0 Å². The number of rotatable bonds is 0. The van der Waals surface area contributed by atoms with Gasteiger partial charge < -0.3 is 9.84 Å². The molecule has 0 atom stereocenters. The third kappa shape index (κ3) is 6.20. The van der Waals surface area contributed by atoms with Crippen LogP contribution in [0.25, 0.3) is 0 Å². The molecule has 0 unspecified atom stereocenters. The van der Waals surface area contributed by atoms with Gasteiger partial charge in [-0.15, -0.1) is 11.8 Å². The lowest BCUT2D eigenvalue weighted by Gasteiger charge is -1.75. The highest BCUT2D eigenvalue weighted by atomic mass is 32.2. The van der Waals surface area contributed by atoms with Crippen molar-refractivity contribution in [2.75, 3.05) is 18.3 Å². The van der Waals surface area contributed by atoms with Crippen molar-refractivity contribution in [1.82, 2.24) is 0 Å². The molecule has 0 amide bonds. The molecule has 1 fully saturated rings. The quantitative estimate of drug-likeness (QED) is 0.528. The molecule has 0 aromatic carbocycles. The zero-order valence-corrected chi connectivity index (χ0v) is 6.00. The summed E-state index contributed by atoms with van der Waals surface area (Å²) < 4.78 is 4.91. The minimum Gasteiger partial charge on any atom is -0.504 e. The van der Waals surface area contributed by atoms with Gasteiger partial charge in [0.1, 0.15) is 5.55 Å². The first-order valence-corrected chi connectivity index (χ1v) is 3.77. The molecule has 2 nitrogen and oxygen atoms in total. The van der Waals surface area contributed by atoms with E-state index in [-0.39, 0.29) is 0 Å². The number of thiocarbonyl (C=S) groups is 1. The maximum Gasteiger partial charge on any atom is 0.142 e. The molecule has 1 saturated heterocycles. The highest BCUT2D eigenvalue weighted by Crippen LogP contribution is 2.06. The van der Waals surface area contributed by atoms with Gasteiger partial charge in [0.2, 0.25) is 0 Å². The molecule has 0 saturated carbocycles. The van der Waals surface area contributed by atoms with E-state index in [1.807, 2.05) is 11.8 Å². The van der Waals surface area contributed by atoms with E-state index >= 15 is 0 Å². The van der Waals surface area contributed by atoms with Gasteiger partial charge in [0.05, 0.1) is 12.5 Å². The minimum atomic E-state index is 0.583. The zero-order valence-electron chi connectivity index (χ0n) is 4.37. The molecule has 48 valence electrons. The number of hydrogen-bond donors (Lipinski definition) is 1. The summed E-state index contributed by atoms with van der Waals surface area (Å²) in [7, 11) is 0. The Balaban J connectivity index is 0.000000145. The van der Waals surface area contributed by atoms with Crippen molar-refractivity contribution in [3.63, 3.8) is 0 Å². The number of aliphatic hydroxyl groups excluding tert-OH is 1. The first kappa shape index (κ1) is 8.20. The Morgan fingerprint density at radius 2 is 2.38 bits per heavy atom. The molecule has 0 aromatic heterocycles. The summed E-state index contributed by atoms with van der Waals surface area (Å²) in [6, 6.07) is 0. The predicted molar refractivity (Wildman–Crippen MR) is 39.6 cm³/mol. The zero-order chi connectivity index (χ0) is 6.24. The molecule has 0 bridgehead atoms. The minimum absolute atomic E-state index is 0.583. The van der Waals surface area contributed by atoms with Crippen molar-refractivity contribution in [3.05, 3.63) is 0 Å². The lowest BCUT2D eigenvalue weighted by molar-refractivity contribution is 0.217. The van der Waals surface area contributed by atoms with Crippen molar-refractivity contribution in [1.29, 1.82) is 0 Å². The summed E-state index contributed by atoms with van der Waals surface area (Å²) >= 11 is 5.68. The second-order valence-corrected chi connectivity index (χ2v) is 2.30. The van der Waals surface area contributed by atoms with Crippen LogP contribution in [0.5, 0.6) is 0 Å². The van der Waals surface area contributed by atoms with E-state index in [1.165, 1.54) is 5.75 Å². The van der Waals surface area contributed by atoms with Crippen molar-refractivity contribution < 1.29 is 9.84 Å². The number of ether oxygens (including phenoxy) is 1. The largest absolute Gasteiger partial charge is 0.504 e. The van der Waals surface area contributed by atoms with Gasteiger partial charge in [0, 0.05) is 5.75 Å². The van der Waals surface area contributed by atoms with Crippen LogP contribution in [0.4, 0.5) is 0 Å². The van der Waals surface area contributed by atoms with Gasteiger partial charge >= 0.3 is 0 Å². The lowest BCUT2D eigenvalue weighted by Crippen LogP contribution is -1.77. The average molecular weight is 152 g/mol. The molecule has 1 aliphatic heterocycles.